The molecule has 2 aromatic heterocycles. The van der Waals surface area contributed by atoms with E-state index in [0.717, 1.165) is 11.3 Å². The molecule has 37 heavy (non-hydrogen) atoms. The molecule has 3 aromatic rings. The van der Waals surface area contributed by atoms with Crippen LogP contribution in [0.15, 0.2) is 36.7 Å². The van der Waals surface area contributed by atoms with Crippen LogP contribution in [0.4, 0.5) is 8.78 Å². The van der Waals surface area contributed by atoms with Crippen molar-refractivity contribution in [3.8, 4) is 23.0 Å². The van der Waals surface area contributed by atoms with Gasteiger partial charge in [-0.3, -0.25) is 13.9 Å². The molecule has 0 radical (unpaired) electrons. The standard InChI is InChI=1S/C24H26ClF2N5O4S/c1-24(7-8-37(34,35)13-24)30-21(33)15-5-6-18-19(10-15)32(23-28-11-16(25)12-29-23)31-20(18)14-3-2-4-17(9-14)36-22(26)27/h2-4,9,11-12,15,22,34-35H,5-8,10,13H2,1H3,(H,30,33). The first-order valence-electron chi connectivity index (χ1n) is 11.7. The predicted octanol–water partition coefficient (Wildman–Crippen LogP) is 4.72. The van der Waals surface area contributed by atoms with Gasteiger partial charge in [-0.05, 0) is 38.3 Å². The molecule has 9 nitrogen and oxygen atoms in total. The Labute approximate surface area is 218 Å². The molecule has 2 unspecified atom stereocenters. The Balaban J connectivity index is 1.48. The summed E-state index contributed by atoms with van der Waals surface area (Å²) in [4.78, 5) is 21.8. The Kier molecular flexibility index (Phi) is 6.86. The van der Waals surface area contributed by atoms with Crippen molar-refractivity contribution in [2.24, 2.45) is 5.92 Å². The van der Waals surface area contributed by atoms with Crippen molar-refractivity contribution < 1.29 is 27.4 Å². The van der Waals surface area contributed by atoms with Gasteiger partial charge in [0.2, 0.25) is 5.91 Å². The molecule has 0 spiro atoms. The summed E-state index contributed by atoms with van der Waals surface area (Å²) < 4.78 is 51.8. The van der Waals surface area contributed by atoms with E-state index in [2.05, 4.69) is 20.0 Å². The number of fused-ring (bicyclic) bond motifs is 1. The average molecular weight is 554 g/mol. The number of benzene rings is 1. The molecule has 1 saturated heterocycles. The molecule has 1 amide bonds. The van der Waals surface area contributed by atoms with Crippen molar-refractivity contribution >= 4 is 28.1 Å². The number of nitrogens with one attached hydrogen (secondary N) is 1. The first kappa shape index (κ1) is 25.8. The quantitative estimate of drug-likeness (QED) is 0.404. The number of carbonyl (C=O) groups is 1. The highest BCUT2D eigenvalue weighted by Crippen LogP contribution is 2.50. The number of halogens is 3. The van der Waals surface area contributed by atoms with E-state index in [1.165, 1.54) is 24.5 Å². The minimum atomic E-state index is -2.95. The Morgan fingerprint density at radius 2 is 2.08 bits per heavy atom. The van der Waals surface area contributed by atoms with Crippen LogP contribution in [0.1, 0.15) is 31.0 Å². The van der Waals surface area contributed by atoms with Gasteiger partial charge >= 0.3 is 6.61 Å². The van der Waals surface area contributed by atoms with Crippen molar-refractivity contribution in [3.05, 3.63) is 52.9 Å². The van der Waals surface area contributed by atoms with E-state index in [-0.39, 0.29) is 35.0 Å². The number of amides is 1. The molecule has 1 fully saturated rings. The molecule has 1 aliphatic carbocycles. The second-order valence-corrected chi connectivity index (χ2v) is 12.4. The number of hydrogen-bond donors (Lipinski definition) is 3. The zero-order valence-electron chi connectivity index (χ0n) is 19.9. The highest BCUT2D eigenvalue weighted by atomic mass is 35.5. The fourth-order valence-corrected chi connectivity index (χ4v) is 7.26. The van der Waals surface area contributed by atoms with Gasteiger partial charge in [-0.2, -0.15) is 24.5 Å². The Bertz CT molecular complexity index is 1320. The molecule has 0 bridgehead atoms. The van der Waals surface area contributed by atoms with Gasteiger partial charge in [-0.25, -0.2) is 14.6 Å². The van der Waals surface area contributed by atoms with Crippen molar-refractivity contribution in [2.45, 2.75) is 44.8 Å². The second kappa shape index (κ2) is 9.82. The van der Waals surface area contributed by atoms with E-state index in [4.69, 9.17) is 16.7 Å². The van der Waals surface area contributed by atoms with Crippen LogP contribution in [0.5, 0.6) is 5.75 Å². The monoisotopic (exact) mass is 553 g/mol. The topological polar surface area (TPSA) is 122 Å². The van der Waals surface area contributed by atoms with E-state index >= 15 is 0 Å². The summed E-state index contributed by atoms with van der Waals surface area (Å²) in [5.41, 5.74) is 2.10. The van der Waals surface area contributed by atoms with Gasteiger partial charge in [0.1, 0.15) is 5.75 Å². The largest absolute Gasteiger partial charge is 0.435 e. The fraction of sp³-hybridized carbons (Fsp3) is 0.417. The third kappa shape index (κ3) is 5.57. The molecule has 198 valence electrons. The van der Waals surface area contributed by atoms with Gasteiger partial charge in [0, 0.05) is 29.2 Å². The smallest absolute Gasteiger partial charge is 0.387 e. The van der Waals surface area contributed by atoms with Gasteiger partial charge in [-0.15, -0.1) is 0 Å². The van der Waals surface area contributed by atoms with E-state index in [1.807, 2.05) is 6.92 Å². The zero-order chi connectivity index (χ0) is 26.4. The fourth-order valence-electron chi connectivity index (χ4n) is 5.01. The SMILES string of the molecule is CC1(NC(=O)C2CCc3c(-c4cccc(OC(F)F)c4)nn(-c4ncc(Cl)cn4)c3C2)CCS(O)(O)C1. The van der Waals surface area contributed by atoms with E-state index in [9.17, 15) is 22.7 Å². The molecule has 0 saturated carbocycles. The number of nitrogens with zero attached hydrogens (tertiary/aromatic N) is 4. The predicted molar refractivity (Wildman–Crippen MR) is 135 cm³/mol. The average Bonchev–Trinajstić information content (AvgIpc) is 3.35. The van der Waals surface area contributed by atoms with Crippen LogP contribution in [0, 0.1) is 5.92 Å². The summed E-state index contributed by atoms with van der Waals surface area (Å²) in [7, 11) is -2.68. The molecule has 1 aliphatic heterocycles. The Hall–Kier alpha value is -2.80. The lowest BCUT2D eigenvalue weighted by atomic mass is 9.84. The van der Waals surface area contributed by atoms with Crippen molar-refractivity contribution in [1.29, 1.82) is 0 Å². The molecule has 2 atom stereocenters. The molecule has 3 heterocycles. The first-order valence-corrected chi connectivity index (χ1v) is 14.0. The lowest BCUT2D eigenvalue weighted by Gasteiger charge is -2.32. The van der Waals surface area contributed by atoms with Crippen LogP contribution < -0.4 is 10.1 Å². The summed E-state index contributed by atoms with van der Waals surface area (Å²) in [5, 5.41) is 8.12. The summed E-state index contributed by atoms with van der Waals surface area (Å²) in [5.74, 6) is 0.157. The number of alkyl halides is 2. The Morgan fingerprint density at radius 3 is 2.76 bits per heavy atom. The van der Waals surface area contributed by atoms with Gasteiger partial charge < -0.3 is 10.1 Å². The third-order valence-electron chi connectivity index (χ3n) is 6.73. The Morgan fingerprint density at radius 1 is 1.32 bits per heavy atom. The van der Waals surface area contributed by atoms with Gasteiger partial charge in [0.15, 0.2) is 0 Å². The summed E-state index contributed by atoms with van der Waals surface area (Å²) >= 11 is 5.96. The number of carbonyl (C=O) groups excluding carboxylic acids is 1. The second-order valence-electron chi connectivity index (χ2n) is 9.68. The third-order valence-corrected chi connectivity index (χ3v) is 8.88. The van der Waals surface area contributed by atoms with Gasteiger partial charge in [0.25, 0.3) is 5.95 Å². The van der Waals surface area contributed by atoms with Crippen molar-refractivity contribution in [2.75, 3.05) is 11.5 Å². The van der Waals surface area contributed by atoms with Gasteiger partial charge in [-0.1, -0.05) is 23.7 Å². The number of hydrogen-bond acceptors (Lipinski definition) is 7. The summed E-state index contributed by atoms with van der Waals surface area (Å²) in [6, 6.07) is 6.32. The molecule has 1 aromatic carbocycles. The van der Waals surface area contributed by atoms with Crippen LogP contribution in [0.3, 0.4) is 0 Å². The van der Waals surface area contributed by atoms with Gasteiger partial charge in [0.05, 0.1) is 40.1 Å². The molecule has 13 heteroatoms. The number of rotatable bonds is 6. The van der Waals surface area contributed by atoms with Crippen molar-refractivity contribution in [3.63, 3.8) is 0 Å². The lowest BCUT2D eigenvalue weighted by Crippen LogP contribution is -2.49. The maximum absolute atomic E-state index is 13.3. The number of ether oxygens (including phenoxy) is 1. The molecular formula is C24H26ClF2N5O4S. The minimum Gasteiger partial charge on any atom is -0.435 e. The minimum absolute atomic E-state index is 0.0161. The molecule has 5 rings (SSSR count). The van der Waals surface area contributed by atoms with Crippen LogP contribution in [0.25, 0.3) is 17.2 Å². The highest BCUT2D eigenvalue weighted by Gasteiger charge is 2.41. The molecular weight excluding hydrogens is 528 g/mol. The van der Waals surface area contributed by atoms with E-state index in [0.29, 0.717) is 42.0 Å². The summed E-state index contributed by atoms with van der Waals surface area (Å²) in [6.45, 7) is -1.12. The van der Waals surface area contributed by atoms with Crippen molar-refractivity contribution in [1.82, 2.24) is 25.1 Å². The zero-order valence-corrected chi connectivity index (χ0v) is 21.5. The lowest BCUT2D eigenvalue weighted by molar-refractivity contribution is -0.126. The number of aromatic nitrogens is 4. The van der Waals surface area contributed by atoms with E-state index < -0.39 is 22.7 Å². The maximum atomic E-state index is 13.3. The summed E-state index contributed by atoms with van der Waals surface area (Å²) in [6.07, 6.45) is 4.79. The van der Waals surface area contributed by atoms with Crippen LogP contribution >= 0.6 is 22.2 Å². The first-order chi connectivity index (χ1) is 17.5. The maximum Gasteiger partial charge on any atom is 0.387 e. The van der Waals surface area contributed by atoms with Crippen LogP contribution in [-0.2, 0) is 17.6 Å². The highest BCUT2D eigenvalue weighted by molar-refractivity contribution is 8.24. The van der Waals surface area contributed by atoms with E-state index in [1.54, 1.807) is 16.8 Å². The molecule has 3 N–H and O–H groups in total. The van der Waals surface area contributed by atoms with Crippen LogP contribution in [-0.4, -0.2) is 58.4 Å². The normalized spacial score (nSPS) is 23.5. The van der Waals surface area contributed by atoms with Crippen LogP contribution in [0.2, 0.25) is 5.02 Å². The molecule has 2 aliphatic rings.